The molecule has 0 spiro atoms. The molecule has 1 aromatic heterocycles. The number of aromatic nitrogens is 3. The summed E-state index contributed by atoms with van der Waals surface area (Å²) in [5.41, 5.74) is 3.91. The smallest absolute Gasteiger partial charge is 0.230 e. The van der Waals surface area contributed by atoms with E-state index in [0.717, 1.165) is 29.0 Å². The van der Waals surface area contributed by atoms with Gasteiger partial charge in [0.1, 0.15) is 6.33 Å². The first-order chi connectivity index (χ1) is 15.1. The van der Waals surface area contributed by atoms with Crippen LogP contribution in [-0.2, 0) is 11.3 Å². The molecule has 160 valence electrons. The Morgan fingerprint density at radius 2 is 1.81 bits per heavy atom. The summed E-state index contributed by atoms with van der Waals surface area (Å²) in [7, 11) is 3.88. The highest BCUT2D eigenvalue weighted by Crippen LogP contribution is 2.21. The van der Waals surface area contributed by atoms with E-state index in [1.165, 1.54) is 6.33 Å². The summed E-state index contributed by atoms with van der Waals surface area (Å²) < 4.78 is 0. The van der Waals surface area contributed by atoms with Crippen molar-refractivity contribution in [1.29, 1.82) is 0 Å². The topological polar surface area (TPSA) is 86.3 Å². The molecular weight excluding hydrogens is 390 g/mol. The summed E-state index contributed by atoms with van der Waals surface area (Å²) in [5, 5.41) is 6.66. The van der Waals surface area contributed by atoms with Crippen molar-refractivity contribution >= 4 is 23.2 Å². The first-order valence-corrected chi connectivity index (χ1v) is 10.4. The number of likely N-dealkylation sites (N-methyl/N-ethyl adjacent to an activating group) is 1. The van der Waals surface area contributed by atoms with Gasteiger partial charge in [-0.3, -0.25) is 4.79 Å². The van der Waals surface area contributed by atoms with Gasteiger partial charge in [-0.05, 0) is 36.9 Å². The lowest BCUT2D eigenvalue weighted by atomic mass is 10.2. The number of anilines is 3. The van der Waals surface area contributed by atoms with E-state index in [1.807, 2.05) is 50.5 Å². The highest BCUT2D eigenvalue weighted by molar-refractivity contribution is 5.76. The molecule has 0 aliphatic carbocycles. The van der Waals surface area contributed by atoms with Crippen molar-refractivity contribution in [1.82, 2.24) is 24.8 Å². The van der Waals surface area contributed by atoms with E-state index in [-0.39, 0.29) is 5.91 Å². The van der Waals surface area contributed by atoms with E-state index in [0.29, 0.717) is 37.8 Å². The second kappa shape index (κ2) is 9.53. The number of amides is 1. The summed E-state index contributed by atoms with van der Waals surface area (Å²) in [6.45, 7) is 2.75. The standard InChI is InChI=1S/C23H27N7O/c1-29-11-9-21(31)30(2)12-10-24-19-7-4-6-18(14-19)22-25-16-26-23(28-22)27-20-8-3-5-17(13-20)15-29/h3-8,13-14,16,24H,9-12,15H2,1-2H3,(H,25,26,27,28). The zero-order chi connectivity index (χ0) is 21.6. The normalized spacial score (nSPS) is 15.8. The molecule has 31 heavy (non-hydrogen) atoms. The molecule has 2 N–H and O–H groups in total. The van der Waals surface area contributed by atoms with Crippen LogP contribution in [0.5, 0.6) is 0 Å². The number of nitrogens with one attached hydrogen (secondary N) is 2. The Labute approximate surface area is 182 Å². The van der Waals surface area contributed by atoms with Gasteiger partial charge >= 0.3 is 0 Å². The minimum atomic E-state index is 0.145. The lowest BCUT2D eigenvalue weighted by Crippen LogP contribution is -2.33. The van der Waals surface area contributed by atoms with Crippen molar-refractivity contribution in [3.8, 4) is 11.4 Å². The summed E-state index contributed by atoms with van der Waals surface area (Å²) in [4.78, 5) is 29.6. The molecule has 8 nitrogen and oxygen atoms in total. The molecule has 0 radical (unpaired) electrons. The predicted octanol–water partition coefficient (Wildman–Crippen LogP) is 2.99. The molecule has 1 amide bonds. The molecule has 2 aromatic carbocycles. The van der Waals surface area contributed by atoms with Crippen molar-refractivity contribution in [2.24, 2.45) is 0 Å². The van der Waals surface area contributed by atoms with Crippen LogP contribution in [0.4, 0.5) is 17.3 Å². The molecule has 0 fully saturated rings. The van der Waals surface area contributed by atoms with Crippen LogP contribution in [0.15, 0.2) is 54.9 Å². The monoisotopic (exact) mass is 417 g/mol. The van der Waals surface area contributed by atoms with Crippen LogP contribution < -0.4 is 10.6 Å². The highest BCUT2D eigenvalue weighted by atomic mass is 16.2. The van der Waals surface area contributed by atoms with Crippen LogP contribution in [-0.4, -0.2) is 64.4 Å². The summed E-state index contributed by atoms with van der Waals surface area (Å²) >= 11 is 0. The second-order valence-electron chi connectivity index (χ2n) is 7.77. The molecule has 2 heterocycles. The molecule has 0 saturated carbocycles. The Morgan fingerprint density at radius 1 is 0.968 bits per heavy atom. The van der Waals surface area contributed by atoms with Gasteiger partial charge in [0.2, 0.25) is 11.9 Å². The van der Waals surface area contributed by atoms with Crippen molar-refractivity contribution in [2.75, 3.05) is 44.4 Å². The fraction of sp³-hybridized carbons (Fsp3) is 0.304. The first-order valence-electron chi connectivity index (χ1n) is 10.4. The number of fused-ring (bicyclic) bond motifs is 7. The number of carbonyl (C=O) groups is 1. The number of rotatable bonds is 0. The maximum absolute atomic E-state index is 12.5. The SMILES string of the molecule is CN1CCC(=O)N(C)CCNc2cccc(c2)-c2ncnc(n2)Nc2cccc(c2)C1. The number of benzene rings is 2. The minimum Gasteiger partial charge on any atom is -0.383 e. The summed E-state index contributed by atoms with van der Waals surface area (Å²) in [5.74, 6) is 1.24. The maximum atomic E-state index is 12.5. The Bertz CT molecular complexity index is 1060. The Kier molecular flexibility index (Phi) is 6.37. The van der Waals surface area contributed by atoms with Gasteiger partial charge in [-0.15, -0.1) is 0 Å². The third kappa shape index (κ3) is 5.55. The van der Waals surface area contributed by atoms with E-state index in [2.05, 4.69) is 42.6 Å². The van der Waals surface area contributed by atoms with Crippen molar-refractivity contribution in [3.05, 3.63) is 60.4 Å². The lowest BCUT2D eigenvalue weighted by molar-refractivity contribution is -0.130. The van der Waals surface area contributed by atoms with Crippen LogP contribution in [0.25, 0.3) is 11.4 Å². The number of hydrogen-bond acceptors (Lipinski definition) is 7. The van der Waals surface area contributed by atoms with E-state index in [4.69, 9.17) is 0 Å². The molecular formula is C23H27N7O. The van der Waals surface area contributed by atoms with Crippen LogP contribution in [0.2, 0.25) is 0 Å². The van der Waals surface area contributed by atoms with E-state index in [9.17, 15) is 4.79 Å². The van der Waals surface area contributed by atoms with Crippen molar-refractivity contribution in [2.45, 2.75) is 13.0 Å². The highest BCUT2D eigenvalue weighted by Gasteiger charge is 2.11. The summed E-state index contributed by atoms with van der Waals surface area (Å²) in [6, 6.07) is 16.1. The van der Waals surface area contributed by atoms with Crippen molar-refractivity contribution in [3.63, 3.8) is 0 Å². The number of hydrogen-bond donors (Lipinski definition) is 2. The quantitative estimate of drug-likeness (QED) is 0.581. The van der Waals surface area contributed by atoms with Crippen LogP contribution in [0.3, 0.4) is 0 Å². The molecule has 0 saturated heterocycles. The predicted molar refractivity (Wildman–Crippen MR) is 122 cm³/mol. The fourth-order valence-electron chi connectivity index (χ4n) is 3.50. The molecule has 0 atom stereocenters. The molecule has 6 bridgehead atoms. The molecule has 8 heteroatoms. The first kappa shape index (κ1) is 20.7. The third-order valence-corrected chi connectivity index (χ3v) is 5.24. The van der Waals surface area contributed by atoms with Gasteiger partial charge in [0.15, 0.2) is 5.82 Å². The maximum Gasteiger partial charge on any atom is 0.230 e. The van der Waals surface area contributed by atoms with Gasteiger partial charge in [0, 0.05) is 56.6 Å². The van der Waals surface area contributed by atoms with E-state index in [1.54, 1.807) is 4.90 Å². The molecule has 1 aliphatic rings. The van der Waals surface area contributed by atoms with Gasteiger partial charge in [0.25, 0.3) is 0 Å². The second-order valence-corrected chi connectivity index (χ2v) is 7.77. The van der Waals surface area contributed by atoms with Crippen molar-refractivity contribution < 1.29 is 4.79 Å². The zero-order valence-corrected chi connectivity index (χ0v) is 17.9. The Balaban J connectivity index is 1.64. The van der Waals surface area contributed by atoms with E-state index < -0.39 is 0 Å². The molecule has 1 aliphatic heterocycles. The third-order valence-electron chi connectivity index (χ3n) is 5.24. The van der Waals surface area contributed by atoms with Gasteiger partial charge in [-0.2, -0.15) is 4.98 Å². The molecule has 4 rings (SSSR count). The van der Waals surface area contributed by atoms with Gasteiger partial charge in [-0.25, -0.2) is 9.97 Å². The average Bonchev–Trinajstić information content (AvgIpc) is 2.77. The van der Waals surface area contributed by atoms with E-state index >= 15 is 0 Å². The molecule has 0 unspecified atom stereocenters. The van der Waals surface area contributed by atoms with Crippen LogP contribution in [0, 0.1) is 0 Å². The lowest BCUT2D eigenvalue weighted by Gasteiger charge is -2.21. The van der Waals surface area contributed by atoms with Crippen LogP contribution in [0.1, 0.15) is 12.0 Å². The van der Waals surface area contributed by atoms with Gasteiger partial charge in [-0.1, -0.05) is 24.3 Å². The van der Waals surface area contributed by atoms with Gasteiger partial charge < -0.3 is 20.4 Å². The van der Waals surface area contributed by atoms with Crippen LogP contribution >= 0.6 is 0 Å². The Morgan fingerprint density at radius 3 is 2.71 bits per heavy atom. The summed E-state index contributed by atoms with van der Waals surface area (Å²) in [6.07, 6.45) is 2.01. The Hall–Kier alpha value is -3.52. The number of nitrogens with zero attached hydrogens (tertiary/aromatic N) is 5. The largest absolute Gasteiger partial charge is 0.383 e. The number of carbonyl (C=O) groups excluding carboxylic acids is 1. The fourth-order valence-corrected chi connectivity index (χ4v) is 3.50. The average molecular weight is 418 g/mol. The zero-order valence-electron chi connectivity index (χ0n) is 17.9. The molecule has 3 aromatic rings. The van der Waals surface area contributed by atoms with Gasteiger partial charge in [0.05, 0.1) is 0 Å². The minimum absolute atomic E-state index is 0.145.